The largest absolute Gasteiger partial charge is 0.387 e. The topological polar surface area (TPSA) is 69.6 Å². The summed E-state index contributed by atoms with van der Waals surface area (Å²) in [5.74, 6) is 1.12. The number of hydrogen-bond acceptors (Lipinski definition) is 5. The number of aryl methyl sites for hydroxylation is 1. The monoisotopic (exact) mass is 376 g/mol. The third kappa shape index (κ3) is 3.35. The molecule has 7 nitrogen and oxygen atoms in total. The average molecular weight is 376 g/mol. The SMILES string of the molecule is Cc1c(C)n(CC(C)C)c2ncn3nc(CO/N=C\c4ccccc4)nc3c12. The second-order valence-electron chi connectivity index (χ2n) is 7.37. The Morgan fingerprint density at radius 3 is 2.68 bits per heavy atom. The molecule has 1 aromatic carbocycles. The van der Waals surface area contributed by atoms with Gasteiger partial charge in [0, 0.05) is 12.2 Å². The van der Waals surface area contributed by atoms with Gasteiger partial charge in [-0.1, -0.05) is 49.3 Å². The van der Waals surface area contributed by atoms with Crippen LogP contribution in [0.3, 0.4) is 0 Å². The van der Waals surface area contributed by atoms with Crippen LogP contribution < -0.4 is 0 Å². The highest BCUT2D eigenvalue weighted by molar-refractivity contribution is 5.93. The first-order valence-corrected chi connectivity index (χ1v) is 9.44. The standard InChI is InChI=1S/C21H24N6O/c1-14(2)11-26-16(4)15(3)19-20(26)22-13-27-21(19)24-18(25-27)12-28-23-10-17-8-6-5-7-9-17/h5-10,13-14H,11-12H2,1-4H3/b23-10-. The number of oxime groups is 1. The fraction of sp³-hybridized carbons (Fsp3) is 0.333. The minimum Gasteiger partial charge on any atom is -0.387 e. The molecule has 0 aliphatic carbocycles. The number of fused-ring (bicyclic) bond motifs is 3. The molecule has 144 valence electrons. The Balaban J connectivity index is 1.62. The van der Waals surface area contributed by atoms with Gasteiger partial charge in [0.15, 0.2) is 18.1 Å². The molecule has 4 aromatic rings. The van der Waals surface area contributed by atoms with E-state index < -0.39 is 0 Å². The summed E-state index contributed by atoms with van der Waals surface area (Å²) in [6.07, 6.45) is 3.40. The summed E-state index contributed by atoms with van der Waals surface area (Å²) < 4.78 is 3.98. The van der Waals surface area contributed by atoms with E-state index in [0.29, 0.717) is 11.7 Å². The molecule has 0 bridgehead atoms. The summed E-state index contributed by atoms with van der Waals surface area (Å²) in [5.41, 5.74) is 5.15. The van der Waals surface area contributed by atoms with Crippen LogP contribution in [-0.4, -0.2) is 30.4 Å². The van der Waals surface area contributed by atoms with E-state index in [9.17, 15) is 0 Å². The van der Waals surface area contributed by atoms with Crippen molar-refractivity contribution in [2.45, 2.75) is 40.8 Å². The maximum atomic E-state index is 5.38. The molecule has 3 aromatic heterocycles. The molecule has 7 heteroatoms. The highest BCUT2D eigenvalue weighted by Crippen LogP contribution is 2.27. The second-order valence-corrected chi connectivity index (χ2v) is 7.37. The maximum absolute atomic E-state index is 5.38. The van der Waals surface area contributed by atoms with Crippen LogP contribution in [-0.2, 0) is 18.0 Å². The quantitative estimate of drug-likeness (QED) is 0.378. The maximum Gasteiger partial charge on any atom is 0.192 e. The Morgan fingerprint density at radius 1 is 1.14 bits per heavy atom. The lowest BCUT2D eigenvalue weighted by Gasteiger charge is -2.10. The summed E-state index contributed by atoms with van der Waals surface area (Å²) in [4.78, 5) is 14.7. The average Bonchev–Trinajstić information content (AvgIpc) is 3.20. The lowest BCUT2D eigenvalue weighted by atomic mass is 10.2. The van der Waals surface area contributed by atoms with Crippen molar-refractivity contribution in [3.63, 3.8) is 0 Å². The highest BCUT2D eigenvalue weighted by Gasteiger charge is 2.18. The van der Waals surface area contributed by atoms with E-state index in [1.165, 1.54) is 11.3 Å². The molecule has 0 amide bonds. The molecule has 3 heterocycles. The lowest BCUT2D eigenvalue weighted by molar-refractivity contribution is 0.126. The van der Waals surface area contributed by atoms with Gasteiger partial charge >= 0.3 is 0 Å². The van der Waals surface area contributed by atoms with Gasteiger partial charge in [-0.3, -0.25) is 0 Å². The van der Waals surface area contributed by atoms with Crippen molar-refractivity contribution in [3.8, 4) is 0 Å². The van der Waals surface area contributed by atoms with E-state index in [2.05, 4.69) is 52.5 Å². The van der Waals surface area contributed by atoms with Crippen molar-refractivity contribution in [1.82, 2.24) is 24.1 Å². The van der Waals surface area contributed by atoms with Crippen molar-refractivity contribution in [2.24, 2.45) is 11.1 Å². The van der Waals surface area contributed by atoms with E-state index in [1.807, 2.05) is 30.3 Å². The van der Waals surface area contributed by atoms with E-state index in [4.69, 9.17) is 4.84 Å². The zero-order valence-electron chi connectivity index (χ0n) is 16.6. The Kier molecular flexibility index (Phi) is 4.81. The van der Waals surface area contributed by atoms with Crippen LogP contribution in [0.25, 0.3) is 16.7 Å². The first kappa shape index (κ1) is 18.2. The fourth-order valence-corrected chi connectivity index (χ4v) is 3.36. The van der Waals surface area contributed by atoms with Gasteiger partial charge in [0.25, 0.3) is 0 Å². The predicted octanol–water partition coefficient (Wildman–Crippen LogP) is 3.90. The highest BCUT2D eigenvalue weighted by atomic mass is 16.6. The van der Waals surface area contributed by atoms with Crippen molar-refractivity contribution >= 4 is 22.9 Å². The molecular weight excluding hydrogens is 352 g/mol. The molecule has 4 rings (SSSR count). The van der Waals surface area contributed by atoms with Crippen molar-refractivity contribution in [2.75, 3.05) is 0 Å². The molecule has 0 fully saturated rings. The Labute approximate surface area is 163 Å². The lowest BCUT2D eigenvalue weighted by Crippen LogP contribution is -2.07. The van der Waals surface area contributed by atoms with Gasteiger partial charge in [0.2, 0.25) is 0 Å². The van der Waals surface area contributed by atoms with Gasteiger partial charge in [-0.25, -0.2) is 14.5 Å². The van der Waals surface area contributed by atoms with Crippen molar-refractivity contribution in [3.05, 3.63) is 59.3 Å². The normalized spacial score (nSPS) is 12.0. The minimum absolute atomic E-state index is 0.206. The van der Waals surface area contributed by atoms with Gasteiger partial charge in [-0.2, -0.15) is 0 Å². The molecule has 0 saturated heterocycles. The number of hydrogen-bond donors (Lipinski definition) is 0. The summed E-state index contributed by atoms with van der Waals surface area (Å²) >= 11 is 0. The molecule has 28 heavy (non-hydrogen) atoms. The van der Waals surface area contributed by atoms with Gasteiger partial charge < -0.3 is 9.40 Å². The zero-order chi connectivity index (χ0) is 19.7. The summed E-state index contributed by atoms with van der Waals surface area (Å²) in [5, 5.41) is 9.54. The van der Waals surface area contributed by atoms with Gasteiger partial charge in [0.1, 0.15) is 12.0 Å². The zero-order valence-corrected chi connectivity index (χ0v) is 16.6. The second kappa shape index (κ2) is 7.42. The Morgan fingerprint density at radius 2 is 1.93 bits per heavy atom. The van der Waals surface area contributed by atoms with Crippen LogP contribution >= 0.6 is 0 Å². The third-order valence-electron chi connectivity index (χ3n) is 4.81. The molecule has 0 unspecified atom stereocenters. The van der Waals surface area contributed by atoms with Gasteiger partial charge in [-0.05, 0) is 30.9 Å². The molecule has 0 N–H and O–H groups in total. The van der Waals surface area contributed by atoms with E-state index in [1.54, 1.807) is 17.1 Å². The van der Waals surface area contributed by atoms with Crippen LogP contribution in [0.15, 0.2) is 41.8 Å². The van der Waals surface area contributed by atoms with Gasteiger partial charge in [0.05, 0.1) is 11.6 Å². The number of aromatic nitrogens is 5. The smallest absolute Gasteiger partial charge is 0.192 e. The van der Waals surface area contributed by atoms with Crippen LogP contribution in [0.5, 0.6) is 0 Å². The summed E-state index contributed by atoms with van der Waals surface area (Å²) in [6, 6.07) is 9.81. The first-order valence-electron chi connectivity index (χ1n) is 9.44. The molecular formula is C21H24N6O. The molecule has 0 atom stereocenters. The van der Waals surface area contributed by atoms with Crippen molar-refractivity contribution in [1.29, 1.82) is 0 Å². The number of nitrogens with zero attached hydrogens (tertiary/aromatic N) is 6. The van der Waals surface area contributed by atoms with Crippen LogP contribution in [0.2, 0.25) is 0 Å². The summed E-state index contributed by atoms with van der Waals surface area (Å²) in [7, 11) is 0. The number of benzene rings is 1. The van der Waals surface area contributed by atoms with Gasteiger partial charge in [-0.15, -0.1) is 5.10 Å². The molecule has 0 spiro atoms. The molecule has 0 aliphatic rings. The van der Waals surface area contributed by atoms with E-state index in [-0.39, 0.29) is 6.61 Å². The fourth-order valence-electron chi connectivity index (χ4n) is 3.36. The summed E-state index contributed by atoms with van der Waals surface area (Å²) in [6.45, 7) is 9.80. The third-order valence-corrected chi connectivity index (χ3v) is 4.81. The molecule has 0 saturated carbocycles. The van der Waals surface area contributed by atoms with Crippen LogP contribution in [0, 0.1) is 19.8 Å². The van der Waals surface area contributed by atoms with Crippen LogP contribution in [0.4, 0.5) is 0 Å². The molecule has 0 radical (unpaired) electrons. The van der Waals surface area contributed by atoms with Crippen molar-refractivity contribution < 1.29 is 4.84 Å². The number of rotatable bonds is 6. The van der Waals surface area contributed by atoms with E-state index in [0.717, 1.165) is 28.8 Å². The minimum atomic E-state index is 0.206. The predicted molar refractivity (Wildman–Crippen MR) is 109 cm³/mol. The Bertz CT molecular complexity index is 1140. The molecule has 0 aliphatic heterocycles. The Hall–Kier alpha value is -3.22. The van der Waals surface area contributed by atoms with E-state index >= 15 is 0 Å². The first-order chi connectivity index (χ1) is 13.5. The van der Waals surface area contributed by atoms with Crippen LogP contribution in [0.1, 0.15) is 36.5 Å².